The molecule has 0 fully saturated rings. The van der Waals surface area contributed by atoms with Crippen LogP contribution in [-0.4, -0.2) is 34.6 Å². The second-order valence-electron chi connectivity index (χ2n) is 9.53. The van der Waals surface area contributed by atoms with E-state index in [0.29, 0.717) is 23.0 Å². The summed E-state index contributed by atoms with van der Waals surface area (Å²) in [6.07, 6.45) is 0. The highest BCUT2D eigenvalue weighted by molar-refractivity contribution is 6.30. The zero-order chi connectivity index (χ0) is 25.9. The van der Waals surface area contributed by atoms with E-state index in [1.54, 1.807) is 7.11 Å². The van der Waals surface area contributed by atoms with Crippen LogP contribution in [0.3, 0.4) is 0 Å². The number of ether oxygens (including phenoxy) is 2. The van der Waals surface area contributed by atoms with Crippen molar-refractivity contribution in [1.82, 2.24) is 9.78 Å². The molecule has 0 aliphatic rings. The second-order valence-corrected chi connectivity index (χ2v) is 9.97. The van der Waals surface area contributed by atoms with Crippen LogP contribution >= 0.6 is 11.6 Å². The maximum absolute atomic E-state index is 11.3. The lowest BCUT2D eigenvalue weighted by molar-refractivity contribution is -0.139. The summed E-state index contributed by atoms with van der Waals surface area (Å²) in [5.74, 6) is 0.219. The van der Waals surface area contributed by atoms with Crippen molar-refractivity contribution >= 4 is 17.6 Å². The number of para-hydroxylation sites is 1. The summed E-state index contributed by atoms with van der Waals surface area (Å²) in [7, 11) is 1.65. The molecule has 0 spiro atoms. The molecule has 0 aliphatic heterocycles. The van der Waals surface area contributed by atoms with Gasteiger partial charge < -0.3 is 14.6 Å². The minimum atomic E-state index is -1.04. The monoisotopic (exact) mass is 504 g/mol. The Morgan fingerprint density at radius 2 is 1.72 bits per heavy atom. The van der Waals surface area contributed by atoms with Crippen molar-refractivity contribution in [3.05, 3.63) is 88.9 Å². The van der Waals surface area contributed by atoms with E-state index in [0.717, 1.165) is 33.7 Å². The van der Waals surface area contributed by atoms with Gasteiger partial charge in [-0.2, -0.15) is 5.10 Å². The summed E-state index contributed by atoms with van der Waals surface area (Å²) >= 11 is 6.14. The largest absolute Gasteiger partial charge is 0.496 e. The van der Waals surface area contributed by atoms with Gasteiger partial charge in [0.05, 0.1) is 25.0 Å². The summed E-state index contributed by atoms with van der Waals surface area (Å²) in [5.41, 5.74) is 5.13. The highest BCUT2D eigenvalue weighted by Crippen LogP contribution is 2.36. The Kier molecular flexibility index (Phi) is 7.36. The molecule has 4 aromatic rings. The van der Waals surface area contributed by atoms with E-state index in [1.165, 1.54) is 0 Å². The molecular weight excluding hydrogens is 476 g/mol. The second kappa shape index (κ2) is 10.5. The van der Waals surface area contributed by atoms with Crippen molar-refractivity contribution in [2.75, 3.05) is 13.7 Å². The summed E-state index contributed by atoms with van der Waals surface area (Å²) in [6.45, 7) is 6.34. The number of carboxylic acids is 1. The molecule has 0 saturated heterocycles. The molecule has 1 aromatic heterocycles. The van der Waals surface area contributed by atoms with Crippen LogP contribution < -0.4 is 9.47 Å². The Balaban J connectivity index is 1.85. The molecule has 0 saturated carbocycles. The molecule has 0 unspecified atom stereocenters. The number of aromatic nitrogens is 2. The standard InChI is InChI=1S/C29H29ClN2O4/c1-29(2,3)21-11-14-23(27(15-21)36-18-28(33)34)24-16-25(19-9-12-22(30)13-10-19)32(31-24)17-20-7-5-6-8-26(20)35-4/h5-16H,17-18H2,1-4H3,(H,33,34). The smallest absolute Gasteiger partial charge is 0.341 e. The molecule has 36 heavy (non-hydrogen) atoms. The van der Waals surface area contributed by atoms with Gasteiger partial charge in [0.15, 0.2) is 6.61 Å². The van der Waals surface area contributed by atoms with Crippen LogP contribution in [0.25, 0.3) is 22.5 Å². The lowest BCUT2D eigenvalue weighted by Crippen LogP contribution is -2.13. The van der Waals surface area contributed by atoms with Crippen molar-refractivity contribution in [3.8, 4) is 34.0 Å². The number of halogens is 1. The van der Waals surface area contributed by atoms with E-state index in [-0.39, 0.29) is 5.41 Å². The third kappa shape index (κ3) is 5.71. The Hall–Kier alpha value is -3.77. The number of hydrogen-bond acceptors (Lipinski definition) is 4. The van der Waals surface area contributed by atoms with Crippen LogP contribution in [-0.2, 0) is 16.8 Å². The van der Waals surface area contributed by atoms with Gasteiger partial charge in [-0.15, -0.1) is 0 Å². The predicted molar refractivity (Wildman–Crippen MR) is 142 cm³/mol. The highest BCUT2D eigenvalue weighted by Gasteiger charge is 2.20. The maximum Gasteiger partial charge on any atom is 0.341 e. The number of benzene rings is 3. The first-order valence-corrected chi connectivity index (χ1v) is 12.0. The summed E-state index contributed by atoms with van der Waals surface area (Å²) in [5, 5.41) is 14.8. The number of nitrogens with zero attached hydrogens (tertiary/aromatic N) is 2. The molecule has 0 amide bonds. The van der Waals surface area contributed by atoms with Gasteiger partial charge in [-0.05, 0) is 52.9 Å². The normalized spacial score (nSPS) is 11.4. The fraction of sp³-hybridized carbons (Fsp3) is 0.241. The third-order valence-electron chi connectivity index (χ3n) is 5.91. The van der Waals surface area contributed by atoms with E-state index in [9.17, 15) is 9.90 Å². The van der Waals surface area contributed by atoms with Gasteiger partial charge in [-0.1, -0.05) is 68.8 Å². The van der Waals surface area contributed by atoms with E-state index in [2.05, 4.69) is 20.8 Å². The van der Waals surface area contributed by atoms with Gasteiger partial charge in [-0.25, -0.2) is 4.79 Å². The molecular formula is C29H29ClN2O4. The summed E-state index contributed by atoms with van der Waals surface area (Å²) in [6, 6.07) is 23.3. The molecule has 0 radical (unpaired) electrons. The van der Waals surface area contributed by atoms with Gasteiger partial charge in [0.25, 0.3) is 0 Å². The Bertz CT molecular complexity index is 1370. The van der Waals surface area contributed by atoms with E-state index >= 15 is 0 Å². The van der Waals surface area contributed by atoms with Gasteiger partial charge in [0, 0.05) is 16.1 Å². The average Bonchev–Trinajstić information content (AvgIpc) is 3.26. The molecule has 4 rings (SSSR count). The van der Waals surface area contributed by atoms with E-state index in [1.807, 2.05) is 77.5 Å². The van der Waals surface area contributed by atoms with Crippen molar-refractivity contribution in [2.45, 2.75) is 32.7 Å². The molecule has 1 heterocycles. The number of methoxy groups -OCH3 is 1. The van der Waals surface area contributed by atoms with Gasteiger partial charge >= 0.3 is 5.97 Å². The molecule has 0 aliphatic carbocycles. The van der Waals surface area contributed by atoms with Crippen molar-refractivity contribution < 1.29 is 19.4 Å². The first-order valence-electron chi connectivity index (χ1n) is 11.6. The van der Waals surface area contributed by atoms with Crippen LogP contribution in [0, 0.1) is 0 Å². The fourth-order valence-electron chi connectivity index (χ4n) is 3.98. The molecule has 0 atom stereocenters. The predicted octanol–water partition coefficient (Wildman–Crippen LogP) is 6.69. The Labute approximate surface area is 216 Å². The van der Waals surface area contributed by atoms with Gasteiger partial charge in [0.2, 0.25) is 0 Å². The van der Waals surface area contributed by atoms with Crippen LogP contribution in [0.5, 0.6) is 11.5 Å². The molecule has 186 valence electrons. The van der Waals surface area contributed by atoms with Crippen LogP contribution in [0.1, 0.15) is 31.9 Å². The summed E-state index contributed by atoms with van der Waals surface area (Å²) in [4.78, 5) is 11.3. The van der Waals surface area contributed by atoms with Gasteiger partial charge in [0.1, 0.15) is 11.5 Å². The first-order chi connectivity index (χ1) is 17.2. The number of carbonyl (C=O) groups is 1. The fourth-order valence-corrected chi connectivity index (χ4v) is 4.10. The first kappa shape index (κ1) is 25.3. The summed E-state index contributed by atoms with van der Waals surface area (Å²) < 4.78 is 13.2. The number of rotatable bonds is 8. The third-order valence-corrected chi connectivity index (χ3v) is 6.16. The SMILES string of the molecule is COc1ccccc1Cn1nc(-c2ccc(C(C)(C)C)cc2OCC(=O)O)cc1-c1ccc(Cl)cc1. The van der Waals surface area contributed by atoms with Crippen molar-refractivity contribution in [2.24, 2.45) is 0 Å². The molecule has 6 nitrogen and oxygen atoms in total. The van der Waals surface area contributed by atoms with Gasteiger partial charge in [-0.3, -0.25) is 4.68 Å². The molecule has 1 N–H and O–H groups in total. The zero-order valence-electron chi connectivity index (χ0n) is 20.8. The minimum absolute atomic E-state index is 0.127. The number of aliphatic carboxylic acids is 1. The Morgan fingerprint density at radius 1 is 1.00 bits per heavy atom. The van der Waals surface area contributed by atoms with Crippen molar-refractivity contribution in [3.63, 3.8) is 0 Å². The van der Waals surface area contributed by atoms with Crippen molar-refractivity contribution in [1.29, 1.82) is 0 Å². The topological polar surface area (TPSA) is 73.6 Å². The quantitative estimate of drug-likeness (QED) is 0.289. The number of carboxylic acid groups (broad SMARTS) is 1. The Morgan fingerprint density at radius 3 is 2.39 bits per heavy atom. The van der Waals surface area contributed by atoms with E-state index in [4.69, 9.17) is 26.2 Å². The van der Waals surface area contributed by atoms with Crippen LogP contribution in [0.4, 0.5) is 0 Å². The highest BCUT2D eigenvalue weighted by atomic mass is 35.5. The van der Waals surface area contributed by atoms with Crippen LogP contribution in [0.2, 0.25) is 5.02 Å². The lowest BCUT2D eigenvalue weighted by Gasteiger charge is -2.21. The maximum atomic E-state index is 11.3. The lowest BCUT2D eigenvalue weighted by atomic mass is 9.86. The molecule has 3 aromatic carbocycles. The molecule has 7 heteroatoms. The average molecular weight is 505 g/mol. The number of hydrogen-bond donors (Lipinski definition) is 1. The molecule has 0 bridgehead atoms. The van der Waals surface area contributed by atoms with E-state index < -0.39 is 12.6 Å². The van der Waals surface area contributed by atoms with Crippen LogP contribution in [0.15, 0.2) is 72.8 Å². The zero-order valence-corrected chi connectivity index (χ0v) is 21.5. The minimum Gasteiger partial charge on any atom is -0.496 e.